The molecule has 0 saturated heterocycles. The number of carbonyl (C=O) groups excluding carboxylic acids is 1. The number of rotatable bonds is 4. The van der Waals surface area contributed by atoms with Crippen LogP contribution in [0.4, 0.5) is 11.4 Å². The highest BCUT2D eigenvalue weighted by molar-refractivity contribution is 6.30. The van der Waals surface area contributed by atoms with Crippen molar-refractivity contribution >= 4 is 28.9 Å². The molecule has 0 spiro atoms. The van der Waals surface area contributed by atoms with E-state index in [2.05, 4.69) is 10.6 Å². The molecule has 0 aliphatic heterocycles. The molecule has 3 nitrogen and oxygen atoms in total. The van der Waals surface area contributed by atoms with Crippen LogP contribution in [0.2, 0.25) is 5.02 Å². The fraction of sp³-hybridized carbons (Fsp3) is 0.188. The standard InChI is InChI=1S/C16H17ClN2O/c1-11-4-3-5-12(2)16(11)18-10-15(20)19-14-8-6-13(17)7-9-14/h3-9,18H,10H2,1-2H3,(H,19,20). The van der Waals surface area contributed by atoms with Crippen LogP contribution >= 0.6 is 11.6 Å². The fourth-order valence-electron chi connectivity index (χ4n) is 2.00. The van der Waals surface area contributed by atoms with Crippen molar-refractivity contribution in [2.75, 3.05) is 17.2 Å². The quantitative estimate of drug-likeness (QED) is 0.892. The smallest absolute Gasteiger partial charge is 0.243 e. The zero-order valence-corrected chi connectivity index (χ0v) is 12.3. The summed E-state index contributed by atoms with van der Waals surface area (Å²) in [6.45, 7) is 4.27. The van der Waals surface area contributed by atoms with Crippen LogP contribution < -0.4 is 10.6 Å². The third-order valence-corrected chi connectivity index (χ3v) is 3.29. The van der Waals surface area contributed by atoms with Gasteiger partial charge in [0.2, 0.25) is 5.91 Å². The van der Waals surface area contributed by atoms with E-state index in [9.17, 15) is 4.79 Å². The molecule has 1 amide bonds. The first-order valence-corrected chi connectivity index (χ1v) is 6.79. The average Bonchev–Trinajstić information content (AvgIpc) is 2.41. The highest BCUT2D eigenvalue weighted by Crippen LogP contribution is 2.19. The van der Waals surface area contributed by atoms with E-state index in [1.54, 1.807) is 24.3 Å². The summed E-state index contributed by atoms with van der Waals surface area (Å²) < 4.78 is 0. The molecule has 0 aliphatic carbocycles. The first kappa shape index (κ1) is 14.4. The maximum atomic E-state index is 11.9. The second-order valence-corrected chi connectivity index (χ2v) is 5.11. The minimum Gasteiger partial charge on any atom is -0.376 e. The minimum atomic E-state index is -0.0880. The topological polar surface area (TPSA) is 41.1 Å². The third kappa shape index (κ3) is 3.75. The van der Waals surface area contributed by atoms with Crippen molar-refractivity contribution in [1.29, 1.82) is 0 Å². The molecule has 0 atom stereocenters. The molecule has 2 N–H and O–H groups in total. The lowest BCUT2D eigenvalue weighted by Gasteiger charge is -2.12. The fourth-order valence-corrected chi connectivity index (χ4v) is 2.13. The van der Waals surface area contributed by atoms with Crippen molar-refractivity contribution in [3.8, 4) is 0 Å². The number of anilines is 2. The van der Waals surface area contributed by atoms with Crippen LogP contribution in [0.1, 0.15) is 11.1 Å². The van der Waals surface area contributed by atoms with Crippen LogP contribution in [0.3, 0.4) is 0 Å². The largest absolute Gasteiger partial charge is 0.376 e. The first-order chi connectivity index (χ1) is 9.56. The number of hydrogen-bond donors (Lipinski definition) is 2. The van der Waals surface area contributed by atoms with Gasteiger partial charge in [-0.25, -0.2) is 0 Å². The van der Waals surface area contributed by atoms with E-state index < -0.39 is 0 Å². The van der Waals surface area contributed by atoms with E-state index in [4.69, 9.17) is 11.6 Å². The Labute approximate surface area is 124 Å². The number of aryl methyl sites for hydroxylation is 2. The number of carbonyl (C=O) groups is 1. The van der Waals surface area contributed by atoms with Gasteiger partial charge in [0.1, 0.15) is 0 Å². The molecular weight excluding hydrogens is 272 g/mol. The van der Waals surface area contributed by atoms with Crippen molar-refractivity contribution in [3.05, 3.63) is 58.6 Å². The van der Waals surface area contributed by atoms with Crippen LogP contribution in [-0.2, 0) is 4.79 Å². The van der Waals surface area contributed by atoms with Crippen molar-refractivity contribution in [2.24, 2.45) is 0 Å². The van der Waals surface area contributed by atoms with Crippen LogP contribution in [0.25, 0.3) is 0 Å². The van der Waals surface area contributed by atoms with E-state index in [1.165, 1.54) is 0 Å². The minimum absolute atomic E-state index is 0.0880. The Bertz CT molecular complexity index is 588. The van der Waals surface area contributed by atoms with Gasteiger partial charge in [-0.05, 0) is 49.2 Å². The predicted octanol–water partition coefficient (Wildman–Crippen LogP) is 4.01. The van der Waals surface area contributed by atoms with Gasteiger partial charge in [0, 0.05) is 16.4 Å². The Hall–Kier alpha value is -2.00. The van der Waals surface area contributed by atoms with Crippen molar-refractivity contribution in [1.82, 2.24) is 0 Å². The lowest BCUT2D eigenvalue weighted by molar-refractivity contribution is -0.114. The lowest BCUT2D eigenvalue weighted by Crippen LogP contribution is -2.22. The van der Waals surface area contributed by atoms with Gasteiger partial charge < -0.3 is 10.6 Å². The number of para-hydroxylation sites is 1. The summed E-state index contributed by atoms with van der Waals surface area (Å²) in [5.41, 5.74) is 4.01. The molecule has 0 heterocycles. The van der Waals surface area contributed by atoms with Crippen molar-refractivity contribution < 1.29 is 4.79 Å². The van der Waals surface area contributed by atoms with E-state index in [0.29, 0.717) is 5.02 Å². The highest BCUT2D eigenvalue weighted by Gasteiger charge is 2.05. The summed E-state index contributed by atoms with van der Waals surface area (Å²) in [4.78, 5) is 11.9. The van der Waals surface area contributed by atoms with Gasteiger partial charge in [-0.2, -0.15) is 0 Å². The average molecular weight is 289 g/mol. The lowest BCUT2D eigenvalue weighted by atomic mass is 10.1. The summed E-state index contributed by atoms with van der Waals surface area (Å²) in [6, 6.07) is 13.1. The summed E-state index contributed by atoms with van der Waals surface area (Å²) in [5, 5.41) is 6.64. The van der Waals surface area contributed by atoms with Gasteiger partial charge in [-0.3, -0.25) is 4.79 Å². The van der Waals surface area contributed by atoms with Crippen molar-refractivity contribution in [3.63, 3.8) is 0 Å². The van der Waals surface area contributed by atoms with Crippen molar-refractivity contribution in [2.45, 2.75) is 13.8 Å². The van der Waals surface area contributed by atoms with E-state index in [-0.39, 0.29) is 12.5 Å². The number of hydrogen-bond acceptors (Lipinski definition) is 2. The highest BCUT2D eigenvalue weighted by atomic mass is 35.5. The summed E-state index contributed by atoms with van der Waals surface area (Å²) in [7, 11) is 0. The molecule has 0 aliphatic rings. The molecule has 0 saturated carbocycles. The van der Waals surface area contributed by atoms with E-state index in [0.717, 1.165) is 22.5 Å². The Morgan fingerprint density at radius 2 is 1.65 bits per heavy atom. The van der Waals surface area contributed by atoms with Gasteiger partial charge in [0.15, 0.2) is 0 Å². The summed E-state index contributed by atoms with van der Waals surface area (Å²) in [5.74, 6) is -0.0880. The zero-order valence-electron chi connectivity index (χ0n) is 11.5. The van der Waals surface area contributed by atoms with Gasteiger partial charge in [-0.15, -0.1) is 0 Å². The molecule has 2 aromatic rings. The molecule has 0 bridgehead atoms. The van der Waals surface area contributed by atoms with Gasteiger partial charge in [0.05, 0.1) is 6.54 Å². The first-order valence-electron chi connectivity index (χ1n) is 6.42. The molecule has 0 aromatic heterocycles. The number of benzene rings is 2. The SMILES string of the molecule is Cc1cccc(C)c1NCC(=O)Nc1ccc(Cl)cc1. The molecule has 0 radical (unpaired) electrons. The van der Waals surface area contributed by atoms with E-state index in [1.807, 2.05) is 32.0 Å². The second kappa shape index (κ2) is 6.44. The maximum absolute atomic E-state index is 11.9. The van der Waals surface area contributed by atoms with Crippen LogP contribution in [0.5, 0.6) is 0 Å². The van der Waals surface area contributed by atoms with Gasteiger partial charge in [0.25, 0.3) is 0 Å². The van der Waals surface area contributed by atoms with Crippen LogP contribution in [0, 0.1) is 13.8 Å². The molecule has 0 fully saturated rings. The second-order valence-electron chi connectivity index (χ2n) is 4.68. The normalized spacial score (nSPS) is 10.2. The maximum Gasteiger partial charge on any atom is 0.243 e. The van der Waals surface area contributed by atoms with Gasteiger partial charge in [-0.1, -0.05) is 29.8 Å². The van der Waals surface area contributed by atoms with Crippen LogP contribution in [-0.4, -0.2) is 12.5 Å². The monoisotopic (exact) mass is 288 g/mol. The molecule has 104 valence electrons. The Kier molecular flexibility index (Phi) is 4.64. The summed E-state index contributed by atoms with van der Waals surface area (Å²) >= 11 is 5.80. The Balaban J connectivity index is 1.94. The molecular formula is C16H17ClN2O. The molecule has 2 aromatic carbocycles. The third-order valence-electron chi connectivity index (χ3n) is 3.03. The summed E-state index contributed by atoms with van der Waals surface area (Å²) in [6.07, 6.45) is 0. The molecule has 20 heavy (non-hydrogen) atoms. The number of halogens is 1. The molecule has 0 unspecified atom stereocenters. The number of amides is 1. The molecule has 4 heteroatoms. The Morgan fingerprint density at radius 1 is 1.05 bits per heavy atom. The number of nitrogens with one attached hydrogen (secondary N) is 2. The Morgan fingerprint density at radius 3 is 2.25 bits per heavy atom. The molecule has 2 rings (SSSR count). The van der Waals surface area contributed by atoms with E-state index >= 15 is 0 Å². The predicted molar refractivity (Wildman–Crippen MR) is 84.5 cm³/mol. The van der Waals surface area contributed by atoms with Crippen LogP contribution in [0.15, 0.2) is 42.5 Å². The zero-order chi connectivity index (χ0) is 14.5. The van der Waals surface area contributed by atoms with Gasteiger partial charge >= 0.3 is 0 Å².